The molecule has 1 saturated carbocycles. The first kappa shape index (κ1) is 15.9. The second kappa shape index (κ2) is 5.73. The Balaban J connectivity index is 1.49. The predicted molar refractivity (Wildman–Crippen MR) is 98.6 cm³/mol. The minimum Gasteiger partial charge on any atom is -0.326 e. The van der Waals surface area contributed by atoms with Crippen molar-refractivity contribution in [1.82, 2.24) is 0 Å². The van der Waals surface area contributed by atoms with Crippen molar-refractivity contribution in [2.45, 2.75) is 38.0 Å². The van der Waals surface area contributed by atoms with Gasteiger partial charge in [0, 0.05) is 29.1 Å². The van der Waals surface area contributed by atoms with E-state index < -0.39 is 0 Å². The van der Waals surface area contributed by atoms with Gasteiger partial charge in [-0.15, -0.1) is 0 Å². The molecule has 2 amide bonds. The Kier molecular flexibility index (Phi) is 3.64. The van der Waals surface area contributed by atoms with E-state index in [0.717, 1.165) is 23.4 Å². The summed E-state index contributed by atoms with van der Waals surface area (Å²) < 4.78 is 0. The maximum absolute atomic E-state index is 12.6. The Morgan fingerprint density at radius 2 is 1.92 bits per heavy atom. The van der Waals surface area contributed by atoms with Crippen LogP contribution in [0.5, 0.6) is 0 Å². The summed E-state index contributed by atoms with van der Waals surface area (Å²) in [6.45, 7) is 4.12. The summed E-state index contributed by atoms with van der Waals surface area (Å²) in [6.07, 6.45) is 1.36. The lowest BCUT2D eigenvalue weighted by Crippen LogP contribution is -2.32. The summed E-state index contributed by atoms with van der Waals surface area (Å²) in [6, 6.07) is 15.9. The highest BCUT2D eigenvalue weighted by molar-refractivity contribution is 5.98. The van der Waals surface area contributed by atoms with Crippen LogP contribution in [-0.4, -0.2) is 11.8 Å². The van der Waals surface area contributed by atoms with Crippen molar-refractivity contribution in [2.24, 2.45) is 5.92 Å². The van der Waals surface area contributed by atoms with Crippen LogP contribution in [0.2, 0.25) is 0 Å². The zero-order valence-electron chi connectivity index (χ0n) is 14.5. The number of nitrogens with one attached hydrogen (secondary N) is 2. The van der Waals surface area contributed by atoms with Crippen LogP contribution in [0.15, 0.2) is 48.5 Å². The monoisotopic (exact) mass is 334 g/mol. The molecule has 1 heterocycles. The Morgan fingerprint density at radius 3 is 2.68 bits per heavy atom. The number of anilines is 2. The Morgan fingerprint density at radius 1 is 1.16 bits per heavy atom. The maximum Gasteiger partial charge on any atom is 0.228 e. The molecule has 4 nitrogen and oxygen atoms in total. The SMILES string of the molecule is CC1(C)CC(=O)Nc2ccc(NC(=O)[C@H]3C[C@@H]3c3ccccc3)cc21. The van der Waals surface area contributed by atoms with Crippen LogP contribution < -0.4 is 10.6 Å². The highest BCUT2D eigenvalue weighted by Crippen LogP contribution is 2.48. The van der Waals surface area contributed by atoms with Gasteiger partial charge in [0.25, 0.3) is 0 Å². The van der Waals surface area contributed by atoms with Crippen LogP contribution in [0, 0.1) is 5.92 Å². The van der Waals surface area contributed by atoms with E-state index in [1.165, 1.54) is 5.56 Å². The van der Waals surface area contributed by atoms with Crippen LogP contribution in [-0.2, 0) is 15.0 Å². The smallest absolute Gasteiger partial charge is 0.228 e. The van der Waals surface area contributed by atoms with Gasteiger partial charge in [0.1, 0.15) is 0 Å². The van der Waals surface area contributed by atoms with Gasteiger partial charge in [0.05, 0.1) is 0 Å². The van der Waals surface area contributed by atoms with Crippen LogP contribution in [0.25, 0.3) is 0 Å². The molecule has 0 unspecified atom stereocenters. The van der Waals surface area contributed by atoms with Crippen molar-refractivity contribution in [3.63, 3.8) is 0 Å². The van der Waals surface area contributed by atoms with E-state index in [0.29, 0.717) is 12.3 Å². The predicted octanol–water partition coefficient (Wildman–Crippen LogP) is 4.05. The van der Waals surface area contributed by atoms with Gasteiger partial charge in [-0.25, -0.2) is 0 Å². The van der Waals surface area contributed by atoms with Crippen molar-refractivity contribution in [3.8, 4) is 0 Å². The minimum absolute atomic E-state index is 0.0398. The van der Waals surface area contributed by atoms with Gasteiger partial charge in [0.2, 0.25) is 11.8 Å². The zero-order chi connectivity index (χ0) is 17.6. The molecular weight excluding hydrogens is 312 g/mol. The van der Waals surface area contributed by atoms with E-state index in [1.54, 1.807) is 0 Å². The molecule has 2 aliphatic rings. The Bertz CT molecular complexity index is 842. The van der Waals surface area contributed by atoms with Crippen molar-refractivity contribution >= 4 is 23.2 Å². The summed E-state index contributed by atoms with van der Waals surface area (Å²) >= 11 is 0. The Hall–Kier alpha value is -2.62. The first-order valence-corrected chi connectivity index (χ1v) is 8.74. The van der Waals surface area contributed by atoms with Gasteiger partial charge < -0.3 is 10.6 Å². The van der Waals surface area contributed by atoms with Gasteiger partial charge in [-0.2, -0.15) is 0 Å². The van der Waals surface area contributed by atoms with Crippen molar-refractivity contribution < 1.29 is 9.59 Å². The average Bonchev–Trinajstić information content (AvgIpc) is 3.36. The normalized spacial score (nSPS) is 23.4. The fourth-order valence-corrected chi connectivity index (χ4v) is 3.77. The molecule has 1 aliphatic carbocycles. The van der Waals surface area contributed by atoms with Gasteiger partial charge >= 0.3 is 0 Å². The molecule has 128 valence electrons. The van der Waals surface area contributed by atoms with Crippen molar-refractivity contribution in [1.29, 1.82) is 0 Å². The van der Waals surface area contributed by atoms with Gasteiger partial charge in [-0.1, -0.05) is 44.2 Å². The van der Waals surface area contributed by atoms with Crippen LogP contribution >= 0.6 is 0 Å². The van der Waals surface area contributed by atoms with Crippen molar-refractivity contribution in [3.05, 3.63) is 59.7 Å². The first-order valence-electron chi connectivity index (χ1n) is 8.74. The number of benzene rings is 2. The van der Waals surface area contributed by atoms with Crippen molar-refractivity contribution in [2.75, 3.05) is 10.6 Å². The van der Waals surface area contributed by atoms with E-state index in [2.05, 4.69) is 36.6 Å². The van der Waals surface area contributed by atoms with Gasteiger partial charge in [-0.05, 0) is 41.7 Å². The second-order valence-electron chi connectivity index (χ2n) is 7.72. The molecule has 4 rings (SSSR count). The summed E-state index contributed by atoms with van der Waals surface area (Å²) in [5, 5.41) is 5.96. The molecule has 0 spiro atoms. The molecular formula is C21H22N2O2. The molecule has 0 aromatic heterocycles. The third-order valence-electron chi connectivity index (χ3n) is 5.25. The number of amides is 2. The minimum atomic E-state index is -0.232. The van der Waals surface area contributed by atoms with Gasteiger partial charge in [0.15, 0.2) is 0 Å². The highest BCUT2D eigenvalue weighted by Gasteiger charge is 2.44. The van der Waals surface area contributed by atoms with E-state index in [9.17, 15) is 9.59 Å². The van der Waals surface area contributed by atoms with E-state index >= 15 is 0 Å². The zero-order valence-corrected chi connectivity index (χ0v) is 14.5. The number of fused-ring (bicyclic) bond motifs is 1. The molecule has 0 bridgehead atoms. The number of hydrogen-bond donors (Lipinski definition) is 2. The summed E-state index contributed by atoms with van der Waals surface area (Å²) in [5.74, 6) is 0.491. The Labute approximate surface area is 147 Å². The molecule has 1 fully saturated rings. The molecule has 2 aromatic carbocycles. The first-order chi connectivity index (χ1) is 11.9. The molecule has 0 saturated heterocycles. The number of rotatable bonds is 3. The largest absolute Gasteiger partial charge is 0.326 e. The number of hydrogen-bond acceptors (Lipinski definition) is 2. The fraction of sp³-hybridized carbons (Fsp3) is 0.333. The summed E-state index contributed by atoms with van der Waals surface area (Å²) in [7, 11) is 0. The number of carbonyl (C=O) groups excluding carboxylic acids is 2. The van der Waals surface area contributed by atoms with Crippen LogP contribution in [0.1, 0.15) is 43.7 Å². The maximum atomic E-state index is 12.6. The average molecular weight is 334 g/mol. The molecule has 25 heavy (non-hydrogen) atoms. The second-order valence-corrected chi connectivity index (χ2v) is 7.72. The fourth-order valence-electron chi connectivity index (χ4n) is 3.77. The highest BCUT2D eigenvalue weighted by atomic mass is 16.2. The lowest BCUT2D eigenvalue weighted by atomic mass is 9.78. The molecule has 2 N–H and O–H groups in total. The molecule has 2 atom stereocenters. The van der Waals surface area contributed by atoms with Gasteiger partial charge in [-0.3, -0.25) is 9.59 Å². The quantitative estimate of drug-likeness (QED) is 0.890. The third-order valence-corrected chi connectivity index (χ3v) is 5.25. The summed E-state index contributed by atoms with van der Waals surface area (Å²) in [4.78, 5) is 24.4. The lowest BCUT2D eigenvalue weighted by Gasteiger charge is -2.32. The van der Waals surface area contributed by atoms with Crippen LogP contribution in [0.4, 0.5) is 11.4 Å². The van der Waals surface area contributed by atoms with E-state index in [4.69, 9.17) is 0 Å². The third kappa shape index (κ3) is 3.04. The number of carbonyl (C=O) groups is 2. The summed E-state index contributed by atoms with van der Waals surface area (Å²) in [5.41, 5.74) is 3.71. The van der Waals surface area contributed by atoms with E-state index in [1.807, 2.05) is 36.4 Å². The van der Waals surface area contributed by atoms with E-state index in [-0.39, 0.29) is 23.1 Å². The molecule has 0 radical (unpaired) electrons. The molecule has 4 heteroatoms. The molecule has 2 aromatic rings. The van der Waals surface area contributed by atoms with Crippen LogP contribution in [0.3, 0.4) is 0 Å². The molecule has 1 aliphatic heterocycles. The standard InChI is InChI=1S/C21H22N2O2/c1-21(2)12-19(24)23-18-9-8-14(10-17(18)21)22-20(25)16-11-15(16)13-6-4-3-5-7-13/h3-10,15-16H,11-12H2,1-2H3,(H,22,25)(H,23,24)/t15-,16+/m1/s1. The lowest BCUT2D eigenvalue weighted by molar-refractivity contribution is -0.118. The topological polar surface area (TPSA) is 58.2 Å².